The molecule has 1 aromatic heterocycles. The summed E-state index contributed by atoms with van der Waals surface area (Å²) in [5.74, 6) is 0.843. The smallest absolute Gasteiger partial charge is 0.139 e. The SMILES string of the molecule is CCCNc1cncc(OCCC(C)(C)C)c1. The molecule has 0 saturated heterocycles. The van der Waals surface area contributed by atoms with Crippen molar-refractivity contribution in [3.05, 3.63) is 18.5 Å². The maximum absolute atomic E-state index is 5.70. The van der Waals surface area contributed by atoms with Crippen molar-refractivity contribution in [2.45, 2.75) is 40.5 Å². The summed E-state index contributed by atoms with van der Waals surface area (Å²) in [4.78, 5) is 4.17. The highest BCUT2D eigenvalue weighted by molar-refractivity contribution is 5.44. The van der Waals surface area contributed by atoms with Gasteiger partial charge in [-0.05, 0) is 18.3 Å². The summed E-state index contributed by atoms with van der Waals surface area (Å²) in [6, 6.07) is 2.01. The molecule has 17 heavy (non-hydrogen) atoms. The minimum atomic E-state index is 0.311. The summed E-state index contributed by atoms with van der Waals surface area (Å²) in [5, 5.41) is 3.30. The van der Waals surface area contributed by atoms with Crippen LogP contribution in [0.3, 0.4) is 0 Å². The van der Waals surface area contributed by atoms with E-state index in [1.165, 1.54) is 0 Å². The Hall–Kier alpha value is -1.25. The lowest BCUT2D eigenvalue weighted by Crippen LogP contribution is -2.11. The molecule has 0 amide bonds. The monoisotopic (exact) mass is 236 g/mol. The van der Waals surface area contributed by atoms with Crippen LogP contribution in [0, 0.1) is 5.41 Å². The molecule has 96 valence electrons. The quantitative estimate of drug-likeness (QED) is 0.817. The highest BCUT2D eigenvalue weighted by Crippen LogP contribution is 2.20. The first-order valence-electron chi connectivity index (χ1n) is 6.33. The van der Waals surface area contributed by atoms with Gasteiger partial charge in [0, 0.05) is 12.6 Å². The fourth-order valence-corrected chi connectivity index (χ4v) is 1.34. The minimum Gasteiger partial charge on any atom is -0.492 e. The number of rotatable bonds is 6. The molecule has 0 atom stereocenters. The second-order valence-electron chi connectivity index (χ2n) is 5.50. The van der Waals surface area contributed by atoms with Crippen LogP contribution in [0.5, 0.6) is 5.75 Å². The van der Waals surface area contributed by atoms with Crippen molar-refractivity contribution < 1.29 is 4.74 Å². The zero-order chi connectivity index (χ0) is 12.7. The maximum atomic E-state index is 5.70. The van der Waals surface area contributed by atoms with Crippen LogP contribution in [0.4, 0.5) is 5.69 Å². The van der Waals surface area contributed by atoms with E-state index < -0.39 is 0 Å². The van der Waals surface area contributed by atoms with Crippen LogP contribution in [0.2, 0.25) is 0 Å². The summed E-state index contributed by atoms with van der Waals surface area (Å²) >= 11 is 0. The van der Waals surface area contributed by atoms with Crippen LogP contribution in [0.25, 0.3) is 0 Å². The second kappa shape index (κ2) is 6.48. The van der Waals surface area contributed by atoms with Crippen LogP contribution in [-0.4, -0.2) is 18.1 Å². The van der Waals surface area contributed by atoms with E-state index >= 15 is 0 Å². The second-order valence-corrected chi connectivity index (χ2v) is 5.50. The van der Waals surface area contributed by atoms with Crippen molar-refractivity contribution in [2.24, 2.45) is 5.41 Å². The normalized spacial score (nSPS) is 11.3. The van der Waals surface area contributed by atoms with Gasteiger partial charge in [-0.15, -0.1) is 0 Å². The van der Waals surface area contributed by atoms with Gasteiger partial charge in [0.05, 0.1) is 24.7 Å². The summed E-state index contributed by atoms with van der Waals surface area (Å²) < 4.78 is 5.70. The molecule has 0 spiro atoms. The van der Waals surface area contributed by atoms with Gasteiger partial charge < -0.3 is 10.1 Å². The average Bonchev–Trinajstić information content (AvgIpc) is 2.25. The van der Waals surface area contributed by atoms with Gasteiger partial charge >= 0.3 is 0 Å². The van der Waals surface area contributed by atoms with Gasteiger partial charge in [0.1, 0.15) is 5.75 Å². The highest BCUT2D eigenvalue weighted by Gasteiger charge is 2.09. The molecule has 3 heteroatoms. The number of anilines is 1. The Morgan fingerprint density at radius 3 is 2.71 bits per heavy atom. The summed E-state index contributed by atoms with van der Waals surface area (Å²) in [5.41, 5.74) is 1.34. The van der Waals surface area contributed by atoms with E-state index in [1.807, 2.05) is 12.3 Å². The lowest BCUT2D eigenvalue weighted by molar-refractivity contribution is 0.242. The molecule has 1 aromatic rings. The van der Waals surface area contributed by atoms with Gasteiger partial charge in [-0.2, -0.15) is 0 Å². The molecule has 1 rings (SSSR count). The Labute approximate surface area is 105 Å². The van der Waals surface area contributed by atoms with Crippen LogP contribution in [0.1, 0.15) is 40.5 Å². The molecule has 0 saturated carbocycles. The van der Waals surface area contributed by atoms with Crippen molar-refractivity contribution in [3.63, 3.8) is 0 Å². The fraction of sp³-hybridized carbons (Fsp3) is 0.643. The third-order valence-corrected chi connectivity index (χ3v) is 2.41. The molecule has 0 fully saturated rings. The molecule has 0 bridgehead atoms. The number of hydrogen-bond donors (Lipinski definition) is 1. The Morgan fingerprint density at radius 1 is 1.29 bits per heavy atom. The van der Waals surface area contributed by atoms with Gasteiger partial charge in [0.2, 0.25) is 0 Å². The average molecular weight is 236 g/mol. The van der Waals surface area contributed by atoms with Crippen LogP contribution < -0.4 is 10.1 Å². The van der Waals surface area contributed by atoms with Crippen LogP contribution in [0.15, 0.2) is 18.5 Å². The summed E-state index contributed by atoms with van der Waals surface area (Å²) in [7, 11) is 0. The Bertz CT molecular complexity index is 331. The number of nitrogens with one attached hydrogen (secondary N) is 1. The first kappa shape index (κ1) is 13.8. The molecule has 0 aliphatic rings. The molecule has 1 N–H and O–H groups in total. The van der Waals surface area contributed by atoms with E-state index in [-0.39, 0.29) is 0 Å². The van der Waals surface area contributed by atoms with Crippen molar-refractivity contribution in [2.75, 3.05) is 18.5 Å². The van der Waals surface area contributed by atoms with E-state index in [9.17, 15) is 0 Å². The van der Waals surface area contributed by atoms with Crippen molar-refractivity contribution in [3.8, 4) is 5.75 Å². The molecule has 0 aliphatic heterocycles. The van der Waals surface area contributed by atoms with E-state index in [2.05, 4.69) is 38.0 Å². The molecular formula is C14H24N2O. The standard InChI is InChI=1S/C14H24N2O/c1-5-7-16-12-9-13(11-15-10-12)17-8-6-14(2,3)4/h9-11,16H,5-8H2,1-4H3. The zero-order valence-corrected chi connectivity index (χ0v) is 11.4. The Balaban J connectivity index is 2.43. The highest BCUT2D eigenvalue weighted by atomic mass is 16.5. The van der Waals surface area contributed by atoms with E-state index in [4.69, 9.17) is 4.74 Å². The van der Waals surface area contributed by atoms with Gasteiger partial charge in [-0.1, -0.05) is 27.7 Å². The zero-order valence-electron chi connectivity index (χ0n) is 11.4. The first-order valence-corrected chi connectivity index (χ1v) is 6.33. The predicted octanol–water partition coefficient (Wildman–Crippen LogP) is 3.72. The van der Waals surface area contributed by atoms with Crippen molar-refractivity contribution in [1.82, 2.24) is 4.98 Å². The first-order chi connectivity index (χ1) is 8.01. The Kier molecular flexibility index (Phi) is 5.26. The predicted molar refractivity (Wildman–Crippen MR) is 72.6 cm³/mol. The number of hydrogen-bond acceptors (Lipinski definition) is 3. The number of nitrogens with zero attached hydrogens (tertiary/aromatic N) is 1. The number of ether oxygens (including phenoxy) is 1. The third-order valence-electron chi connectivity index (χ3n) is 2.41. The van der Waals surface area contributed by atoms with Crippen molar-refractivity contribution >= 4 is 5.69 Å². The minimum absolute atomic E-state index is 0.311. The van der Waals surface area contributed by atoms with E-state index in [0.717, 1.165) is 37.4 Å². The largest absolute Gasteiger partial charge is 0.492 e. The lowest BCUT2D eigenvalue weighted by Gasteiger charge is -2.18. The van der Waals surface area contributed by atoms with Gasteiger partial charge in [0.25, 0.3) is 0 Å². The van der Waals surface area contributed by atoms with E-state index in [1.54, 1.807) is 6.20 Å². The number of pyridine rings is 1. The van der Waals surface area contributed by atoms with Gasteiger partial charge in [0.15, 0.2) is 0 Å². The molecule has 0 aromatic carbocycles. The molecule has 0 unspecified atom stereocenters. The maximum Gasteiger partial charge on any atom is 0.139 e. The van der Waals surface area contributed by atoms with Gasteiger partial charge in [-0.3, -0.25) is 4.98 Å². The summed E-state index contributed by atoms with van der Waals surface area (Å²) in [6.07, 6.45) is 5.74. The van der Waals surface area contributed by atoms with Gasteiger partial charge in [-0.25, -0.2) is 0 Å². The molecule has 1 heterocycles. The topological polar surface area (TPSA) is 34.2 Å². The fourth-order valence-electron chi connectivity index (χ4n) is 1.34. The molecule has 0 radical (unpaired) electrons. The summed E-state index contributed by atoms with van der Waals surface area (Å²) in [6.45, 7) is 10.5. The third kappa shape index (κ3) is 6.15. The number of aromatic nitrogens is 1. The van der Waals surface area contributed by atoms with E-state index in [0.29, 0.717) is 5.41 Å². The Morgan fingerprint density at radius 2 is 2.06 bits per heavy atom. The van der Waals surface area contributed by atoms with Crippen LogP contribution in [-0.2, 0) is 0 Å². The van der Waals surface area contributed by atoms with Crippen LogP contribution >= 0.6 is 0 Å². The molecule has 3 nitrogen and oxygen atoms in total. The molecule has 0 aliphatic carbocycles. The van der Waals surface area contributed by atoms with Crippen molar-refractivity contribution in [1.29, 1.82) is 0 Å². The lowest BCUT2D eigenvalue weighted by atomic mass is 9.93. The molecular weight excluding hydrogens is 212 g/mol.